The molecule has 0 aromatic carbocycles. The van der Waals surface area contributed by atoms with Crippen molar-refractivity contribution in [2.24, 2.45) is 0 Å². The number of hydrogen-bond donors (Lipinski definition) is 0. The number of hydrogen-bond acceptors (Lipinski definition) is 7. The quantitative estimate of drug-likeness (QED) is 0.549. The highest BCUT2D eigenvalue weighted by Crippen LogP contribution is 2.28. The molecule has 7 nitrogen and oxygen atoms in total. The lowest BCUT2D eigenvalue weighted by molar-refractivity contribution is 0.0355. The molecule has 0 saturated carbocycles. The van der Waals surface area contributed by atoms with Gasteiger partial charge in [0, 0.05) is 50.0 Å². The lowest BCUT2D eigenvalue weighted by atomic mass is 10.2. The number of thiazole rings is 1. The molecule has 1 saturated heterocycles. The molecule has 0 N–H and O–H groups in total. The number of amides is 1. The highest BCUT2D eigenvalue weighted by molar-refractivity contribution is 7.15. The van der Waals surface area contributed by atoms with Crippen LogP contribution in [0.25, 0.3) is 10.8 Å². The summed E-state index contributed by atoms with van der Waals surface area (Å²) in [6.45, 7) is 7.59. The Kier molecular flexibility index (Phi) is 6.88. The molecule has 0 spiro atoms. The smallest absolute Gasteiger partial charge is 0.273 e. The van der Waals surface area contributed by atoms with Gasteiger partial charge < -0.3 is 14.1 Å². The molecule has 4 rings (SSSR count). The summed E-state index contributed by atoms with van der Waals surface area (Å²) >= 11 is 1.49. The van der Waals surface area contributed by atoms with Crippen LogP contribution < -0.4 is 0 Å². The van der Waals surface area contributed by atoms with E-state index in [1.54, 1.807) is 18.7 Å². The van der Waals surface area contributed by atoms with E-state index in [1.807, 2.05) is 36.1 Å². The fraction of sp³-hybridized carbons (Fsp3) is 0.409. The van der Waals surface area contributed by atoms with Gasteiger partial charge in [-0.1, -0.05) is 0 Å². The second kappa shape index (κ2) is 9.97. The first-order valence-electron chi connectivity index (χ1n) is 10.2. The topological polar surface area (TPSA) is 71.7 Å². The van der Waals surface area contributed by atoms with Crippen molar-refractivity contribution in [1.29, 1.82) is 0 Å². The van der Waals surface area contributed by atoms with E-state index in [-0.39, 0.29) is 5.91 Å². The van der Waals surface area contributed by atoms with E-state index in [0.717, 1.165) is 54.7 Å². The minimum atomic E-state index is -0.0413. The maximum atomic E-state index is 13.4. The first-order valence-corrected chi connectivity index (χ1v) is 11.0. The van der Waals surface area contributed by atoms with E-state index < -0.39 is 0 Å². The molecule has 0 atom stereocenters. The van der Waals surface area contributed by atoms with Crippen LogP contribution in [-0.2, 0) is 11.3 Å². The Bertz CT molecular complexity index is 937. The molecule has 3 aromatic heterocycles. The molecule has 0 bridgehead atoms. The van der Waals surface area contributed by atoms with Crippen molar-refractivity contribution in [1.82, 2.24) is 19.8 Å². The molecule has 30 heavy (non-hydrogen) atoms. The predicted octanol–water partition coefficient (Wildman–Crippen LogP) is 3.47. The predicted molar refractivity (Wildman–Crippen MR) is 115 cm³/mol. The molecule has 4 heterocycles. The summed E-state index contributed by atoms with van der Waals surface area (Å²) in [5, 5.41) is 0.734. The summed E-state index contributed by atoms with van der Waals surface area (Å²) in [6, 6.07) is 7.59. The fourth-order valence-electron chi connectivity index (χ4n) is 3.52. The number of rotatable bonds is 8. The van der Waals surface area contributed by atoms with Crippen molar-refractivity contribution < 1.29 is 13.9 Å². The number of aryl methyl sites for hydroxylation is 1. The lowest BCUT2D eigenvalue weighted by Crippen LogP contribution is -2.39. The SMILES string of the molecule is Cc1sc(-c2ccco2)nc1C(=O)N(CCCN1CCOCC1)Cc1ccncc1. The molecule has 1 amide bonds. The number of carbonyl (C=O) groups is 1. The Morgan fingerprint density at radius 1 is 1.23 bits per heavy atom. The van der Waals surface area contributed by atoms with Crippen LogP contribution >= 0.6 is 11.3 Å². The normalized spacial score (nSPS) is 14.7. The lowest BCUT2D eigenvalue weighted by Gasteiger charge is -2.28. The number of nitrogens with zero attached hydrogens (tertiary/aromatic N) is 4. The first kappa shape index (κ1) is 20.7. The number of ether oxygens (including phenoxy) is 1. The van der Waals surface area contributed by atoms with E-state index in [2.05, 4.69) is 14.9 Å². The molecule has 0 aliphatic carbocycles. The van der Waals surface area contributed by atoms with Gasteiger partial charge in [-0.15, -0.1) is 11.3 Å². The molecule has 1 aliphatic rings. The summed E-state index contributed by atoms with van der Waals surface area (Å²) in [6.07, 6.45) is 6.05. The van der Waals surface area contributed by atoms with Gasteiger partial charge >= 0.3 is 0 Å². The highest BCUT2D eigenvalue weighted by atomic mass is 32.1. The minimum absolute atomic E-state index is 0.0413. The van der Waals surface area contributed by atoms with Crippen LogP contribution in [0.5, 0.6) is 0 Å². The molecule has 0 unspecified atom stereocenters. The number of furan rings is 1. The number of morpholine rings is 1. The van der Waals surface area contributed by atoms with Gasteiger partial charge in [-0.25, -0.2) is 4.98 Å². The zero-order valence-corrected chi connectivity index (χ0v) is 17.9. The zero-order chi connectivity index (χ0) is 20.8. The van der Waals surface area contributed by atoms with Gasteiger partial charge in [0.2, 0.25) is 0 Å². The van der Waals surface area contributed by atoms with Crippen LogP contribution in [0.3, 0.4) is 0 Å². The van der Waals surface area contributed by atoms with E-state index in [0.29, 0.717) is 24.5 Å². The molecule has 1 aliphatic heterocycles. The second-order valence-corrected chi connectivity index (χ2v) is 8.49. The number of pyridine rings is 1. The van der Waals surface area contributed by atoms with Crippen LogP contribution in [-0.4, -0.2) is 65.1 Å². The van der Waals surface area contributed by atoms with E-state index >= 15 is 0 Å². The third kappa shape index (κ3) is 5.13. The van der Waals surface area contributed by atoms with Crippen molar-refractivity contribution in [3.8, 4) is 10.8 Å². The third-order valence-electron chi connectivity index (χ3n) is 5.15. The average molecular weight is 427 g/mol. The molecule has 8 heteroatoms. The van der Waals surface area contributed by atoms with Crippen molar-refractivity contribution in [2.45, 2.75) is 19.9 Å². The van der Waals surface area contributed by atoms with Gasteiger partial charge in [0.25, 0.3) is 5.91 Å². The Hall–Kier alpha value is -2.55. The van der Waals surface area contributed by atoms with E-state index in [9.17, 15) is 4.79 Å². The summed E-state index contributed by atoms with van der Waals surface area (Å²) in [5.41, 5.74) is 1.57. The molecule has 158 valence electrons. The first-order chi connectivity index (χ1) is 14.7. The van der Waals surface area contributed by atoms with Crippen molar-refractivity contribution in [2.75, 3.05) is 39.4 Å². The van der Waals surface area contributed by atoms with E-state index in [4.69, 9.17) is 9.15 Å². The number of carbonyl (C=O) groups excluding carboxylic acids is 1. The van der Waals surface area contributed by atoms with Crippen LogP contribution in [0.4, 0.5) is 0 Å². The Morgan fingerprint density at radius 3 is 2.77 bits per heavy atom. The van der Waals surface area contributed by atoms with Crippen molar-refractivity contribution in [3.63, 3.8) is 0 Å². The molecular weight excluding hydrogens is 400 g/mol. The van der Waals surface area contributed by atoms with Crippen molar-refractivity contribution >= 4 is 17.2 Å². The highest BCUT2D eigenvalue weighted by Gasteiger charge is 2.23. The molecular formula is C22H26N4O3S. The largest absolute Gasteiger partial charge is 0.462 e. The van der Waals surface area contributed by atoms with Gasteiger partial charge in [0.15, 0.2) is 10.8 Å². The minimum Gasteiger partial charge on any atom is -0.462 e. The molecule has 1 fully saturated rings. The summed E-state index contributed by atoms with van der Waals surface area (Å²) < 4.78 is 10.9. The van der Waals surface area contributed by atoms with Crippen LogP contribution in [0.2, 0.25) is 0 Å². The fourth-order valence-corrected chi connectivity index (χ4v) is 4.39. The summed E-state index contributed by atoms with van der Waals surface area (Å²) in [4.78, 5) is 27.3. The number of aromatic nitrogens is 2. The molecule has 3 aromatic rings. The molecule has 0 radical (unpaired) electrons. The van der Waals surface area contributed by atoms with Crippen LogP contribution in [0.1, 0.15) is 27.3 Å². The van der Waals surface area contributed by atoms with Crippen molar-refractivity contribution in [3.05, 3.63) is 59.1 Å². The summed E-state index contributed by atoms with van der Waals surface area (Å²) in [7, 11) is 0. The maximum absolute atomic E-state index is 13.4. The van der Waals surface area contributed by atoms with Gasteiger partial charge in [0.05, 0.1) is 19.5 Å². The third-order valence-corrected chi connectivity index (χ3v) is 6.13. The average Bonchev–Trinajstić information content (AvgIpc) is 3.44. The Morgan fingerprint density at radius 2 is 2.03 bits per heavy atom. The van der Waals surface area contributed by atoms with E-state index in [1.165, 1.54) is 11.3 Å². The monoisotopic (exact) mass is 426 g/mol. The zero-order valence-electron chi connectivity index (χ0n) is 17.1. The van der Waals surface area contributed by atoms with Gasteiger partial charge in [-0.05, 0) is 43.2 Å². The standard InChI is InChI=1S/C22H26N4O3S/c1-17-20(24-21(30-17)19-4-2-13-29-19)22(27)26(16-18-5-7-23-8-6-18)10-3-9-25-11-14-28-15-12-25/h2,4-8,13H,3,9-12,14-16H2,1H3. The van der Waals surface area contributed by atoms with Crippen LogP contribution in [0.15, 0.2) is 47.3 Å². The van der Waals surface area contributed by atoms with Gasteiger partial charge in [-0.3, -0.25) is 14.7 Å². The Labute approximate surface area is 180 Å². The summed E-state index contributed by atoms with van der Waals surface area (Å²) in [5.74, 6) is 0.649. The second-order valence-electron chi connectivity index (χ2n) is 7.29. The van der Waals surface area contributed by atoms with Gasteiger partial charge in [-0.2, -0.15) is 0 Å². The van der Waals surface area contributed by atoms with Crippen LogP contribution in [0, 0.1) is 6.92 Å². The maximum Gasteiger partial charge on any atom is 0.273 e. The Balaban J connectivity index is 1.48. The van der Waals surface area contributed by atoms with Gasteiger partial charge in [0.1, 0.15) is 5.69 Å².